The molecule has 0 aliphatic rings. The predicted octanol–water partition coefficient (Wildman–Crippen LogP) is 3.26. The summed E-state index contributed by atoms with van der Waals surface area (Å²) in [7, 11) is 0. The minimum Gasteiger partial charge on any atom is -0.506 e. The van der Waals surface area contributed by atoms with E-state index in [1.165, 1.54) is 16.9 Å². The number of benzene rings is 1. The molecule has 0 atom stereocenters. The van der Waals surface area contributed by atoms with Gasteiger partial charge in [0.25, 0.3) is 5.56 Å². The van der Waals surface area contributed by atoms with Crippen molar-refractivity contribution < 1.29 is 5.11 Å². The summed E-state index contributed by atoms with van der Waals surface area (Å²) in [6.45, 7) is 3.80. The topological polar surface area (TPSA) is 68.0 Å². The maximum Gasteiger partial charge on any atom is 0.267 e. The Kier molecular flexibility index (Phi) is 3.93. The first kappa shape index (κ1) is 15.0. The van der Waals surface area contributed by atoms with Crippen LogP contribution in [-0.4, -0.2) is 19.9 Å². The largest absolute Gasteiger partial charge is 0.506 e. The molecule has 0 amide bonds. The molecule has 1 N–H and O–H groups in total. The number of hydrogen-bond acceptors (Lipinski definition) is 4. The van der Waals surface area contributed by atoms with E-state index >= 15 is 0 Å². The van der Waals surface area contributed by atoms with Crippen LogP contribution in [0.2, 0.25) is 0 Å². The van der Waals surface area contributed by atoms with E-state index in [9.17, 15) is 9.90 Å². The molecule has 3 rings (SSSR count). The molecule has 3 aromatic rings. The van der Waals surface area contributed by atoms with Crippen LogP contribution in [0, 0.1) is 0 Å². The van der Waals surface area contributed by atoms with Gasteiger partial charge in [-0.1, -0.05) is 30.3 Å². The number of aromatic hydroxyl groups is 1. The lowest BCUT2D eigenvalue weighted by Crippen LogP contribution is -2.23. The van der Waals surface area contributed by atoms with Crippen molar-refractivity contribution in [2.75, 3.05) is 0 Å². The minimum atomic E-state index is -0.155. The maximum absolute atomic E-state index is 11.9. The molecule has 0 aliphatic carbocycles. The van der Waals surface area contributed by atoms with Gasteiger partial charge in [-0.2, -0.15) is 5.10 Å². The molecular formula is C18H17N3O2. The molecule has 116 valence electrons. The number of hydrogen-bond donors (Lipinski definition) is 1. The first-order chi connectivity index (χ1) is 11.1. The Balaban J connectivity index is 2.22. The second kappa shape index (κ2) is 6.04. The van der Waals surface area contributed by atoms with Gasteiger partial charge in [-0.15, -0.1) is 0 Å². The van der Waals surface area contributed by atoms with Gasteiger partial charge in [0, 0.05) is 17.2 Å². The fraction of sp³-hybridized carbons (Fsp3) is 0.167. The highest BCUT2D eigenvalue weighted by atomic mass is 16.3. The summed E-state index contributed by atoms with van der Waals surface area (Å²) in [6, 6.07) is 14.4. The predicted molar refractivity (Wildman–Crippen MR) is 89.2 cm³/mol. The van der Waals surface area contributed by atoms with Crippen LogP contribution >= 0.6 is 0 Å². The van der Waals surface area contributed by atoms with Crippen molar-refractivity contribution in [3.63, 3.8) is 0 Å². The van der Waals surface area contributed by atoms with Gasteiger partial charge in [0.1, 0.15) is 5.75 Å². The van der Waals surface area contributed by atoms with Crippen molar-refractivity contribution in [2.24, 2.45) is 0 Å². The highest BCUT2D eigenvalue weighted by Crippen LogP contribution is 2.31. The molecule has 0 radical (unpaired) electrons. The minimum absolute atomic E-state index is 0.0482. The smallest absolute Gasteiger partial charge is 0.267 e. The summed E-state index contributed by atoms with van der Waals surface area (Å²) in [5.41, 5.74) is 2.76. The molecule has 2 aromatic heterocycles. The fourth-order valence-electron chi connectivity index (χ4n) is 2.41. The van der Waals surface area contributed by atoms with Crippen molar-refractivity contribution in [3.05, 3.63) is 65.1 Å². The summed E-state index contributed by atoms with van der Waals surface area (Å²) in [6.07, 6.45) is 1.41. The lowest BCUT2D eigenvalue weighted by molar-refractivity contribution is 0.473. The molecule has 0 unspecified atom stereocenters. The van der Waals surface area contributed by atoms with Crippen molar-refractivity contribution >= 4 is 0 Å². The van der Waals surface area contributed by atoms with E-state index in [-0.39, 0.29) is 17.4 Å². The van der Waals surface area contributed by atoms with Crippen LogP contribution in [0.15, 0.2) is 59.5 Å². The molecule has 0 fully saturated rings. The zero-order valence-corrected chi connectivity index (χ0v) is 13.0. The van der Waals surface area contributed by atoms with Gasteiger partial charge in [0.2, 0.25) is 0 Å². The third-order valence-corrected chi connectivity index (χ3v) is 3.51. The van der Waals surface area contributed by atoms with Crippen LogP contribution in [0.4, 0.5) is 0 Å². The number of pyridine rings is 1. The molecule has 5 heteroatoms. The second-order valence-electron chi connectivity index (χ2n) is 5.55. The van der Waals surface area contributed by atoms with Gasteiger partial charge in [-0.25, -0.2) is 4.68 Å². The molecule has 0 aliphatic heterocycles. The molecule has 0 spiro atoms. The lowest BCUT2D eigenvalue weighted by Gasteiger charge is -2.12. The van der Waals surface area contributed by atoms with Crippen molar-refractivity contribution in [3.8, 4) is 28.3 Å². The van der Waals surface area contributed by atoms with E-state index in [4.69, 9.17) is 0 Å². The summed E-state index contributed by atoms with van der Waals surface area (Å²) >= 11 is 0. The standard InChI is InChI=1S/C18H17N3O2/c1-12(2)21-17(23)9-8-16(20-21)15-10-14(22)11-19-18(15)13-6-4-3-5-7-13/h3-12,22H,1-2H3. The average Bonchev–Trinajstić information content (AvgIpc) is 2.56. The number of rotatable bonds is 3. The third-order valence-electron chi connectivity index (χ3n) is 3.51. The average molecular weight is 307 g/mol. The highest BCUT2D eigenvalue weighted by molar-refractivity contribution is 5.79. The van der Waals surface area contributed by atoms with Crippen LogP contribution in [0.5, 0.6) is 5.75 Å². The molecule has 5 nitrogen and oxygen atoms in total. The van der Waals surface area contributed by atoms with Gasteiger partial charge in [-0.3, -0.25) is 9.78 Å². The zero-order valence-electron chi connectivity index (χ0n) is 13.0. The zero-order chi connectivity index (χ0) is 16.4. The first-order valence-electron chi connectivity index (χ1n) is 7.41. The SMILES string of the molecule is CC(C)n1nc(-c2cc(O)cnc2-c2ccccc2)ccc1=O. The molecule has 0 bridgehead atoms. The van der Waals surface area contributed by atoms with E-state index in [0.717, 1.165) is 5.56 Å². The van der Waals surface area contributed by atoms with Gasteiger partial charge in [0.05, 0.1) is 23.6 Å². The Hall–Kier alpha value is -2.95. The summed E-state index contributed by atoms with van der Waals surface area (Å²) in [4.78, 5) is 16.2. The van der Waals surface area contributed by atoms with E-state index in [0.29, 0.717) is 17.0 Å². The number of nitrogens with zero attached hydrogens (tertiary/aromatic N) is 3. The van der Waals surface area contributed by atoms with Crippen LogP contribution in [0.25, 0.3) is 22.5 Å². The summed E-state index contributed by atoms with van der Waals surface area (Å²) < 4.78 is 1.42. The van der Waals surface area contributed by atoms with E-state index in [1.54, 1.807) is 12.1 Å². The van der Waals surface area contributed by atoms with Crippen LogP contribution < -0.4 is 5.56 Å². The first-order valence-corrected chi connectivity index (χ1v) is 7.41. The summed E-state index contributed by atoms with van der Waals surface area (Å²) in [5, 5.41) is 14.2. The van der Waals surface area contributed by atoms with E-state index in [1.807, 2.05) is 44.2 Å². The lowest BCUT2D eigenvalue weighted by atomic mass is 10.0. The molecule has 0 saturated carbocycles. The molecule has 0 saturated heterocycles. The van der Waals surface area contributed by atoms with Crippen LogP contribution in [0.3, 0.4) is 0 Å². The van der Waals surface area contributed by atoms with Crippen molar-refractivity contribution in [1.82, 2.24) is 14.8 Å². The van der Waals surface area contributed by atoms with Crippen LogP contribution in [0.1, 0.15) is 19.9 Å². The van der Waals surface area contributed by atoms with Crippen molar-refractivity contribution in [1.29, 1.82) is 0 Å². The van der Waals surface area contributed by atoms with Gasteiger partial charge < -0.3 is 5.11 Å². The Morgan fingerprint density at radius 2 is 1.83 bits per heavy atom. The maximum atomic E-state index is 11.9. The Bertz CT molecular complexity index is 886. The molecule has 1 aromatic carbocycles. The normalized spacial score (nSPS) is 10.9. The Labute approximate surface area is 133 Å². The monoisotopic (exact) mass is 307 g/mol. The second-order valence-corrected chi connectivity index (χ2v) is 5.55. The fourth-order valence-corrected chi connectivity index (χ4v) is 2.41. The van der Waals surface area contributed by atoms with E-state index in [2.05, 4.69) is 10.1 Å². The number of aromatic nitrogens is 3. The summed E-state index contributed by atoms with van der Waals surface area (Å²) in [5.74, 6) is 0.0591. The van der Waals surface area contributed by atoms with Gasteiger partial charge in [0.15, 0.2) is 0 Å². The molecule has 2 heterocycles. The quantitative estimate of drug-likeness (QED) is 0.806. The molecule has 23 heavy (non-hydrogen) atoms. The molecular weight excluding hydrogens is 290 g/mol. The highest BCUT2D eigenvalue weighted by Gasteiger charge is 2.13. The Morgan fingerprint density at radius 1 is 1.09 bits per heavy atom. The van der Waals surface area contributed by atoms with Crippen molar-refractivity contribution in [2.45, 2.75) is 19.9 Å². The third kappa shape index (κ3) is 2.99. The van der Waals surface area contributed by atoms with Gasteiger partial charge >= 0.3 is 0 Å². The Morgan fingerprint density at radius 3 is 2.52 bits per heavy atom. The van der Waals surface area contributed by atoms with E-state index < -0.39 is 0 Å². The van der Waals surface area contributed by atoms with Crippen LogP contribution in [-0.2, 0) is 0 Å². The van der Waals surface area contributed by atoms with Gasteiger partial charge in [-0.05, 0) is 26.0 Å².